The summed E-state index contributed by atoms with van der Waals surface area (Å²) < 4.78 is 5.31. The molecule has 0 aromatic carbocycles. The number of nitrogens with zero attached hydrogens (tertiary/aromatic N) is 2. The lowest BCUT2D eigenvalue weighted by molar-refractivity contribution is -0.125. The predicted octanol–water partition coefficient (Wildman–Crippen LogP) is 0.221. The lowest BCUT2D eigenvalue weighted by atomic mass is 10.2. The van der Waals surface area contributed by atoms with Crippen LogP contribution in [0.3, 0.4) is 0 Å². The van der Waals surface area contributed by atoms with Crippen LogP contribution in [0, 0.1) is 6.92 Å². The molecule has 10 heteroatoms. The molecular weight excluding hydrogens is 342 g/mol. The van der Waals surface area contributed by atoms with E-state index in [1.54, 1.807) is 27.7 Å². The number of nitrogens with one attached hydrogen (secondary N) is 3. The van der Waals surface area contributed by atoms with Gasteiger partial charge in [-0.05, 0) is 40.5 Å². The maximum Gasteiger partial charge on any atom is 0.410 e. The van der Waals surface area contributed by atoms with Gasteiger partial charge in [0.2, 0.25) is 0 Å². The monoisotopic (exact) mass is 365 g/mol. The van der Waals surface area contributed by atoms with Crippen molar-refractivity contribution in [2.75, 3.05) is 6.54 Å². The van der Waals surface area contributed by atoms with Crippen LogP contribution in [0.4, 0.5) is 4.79 Å². The van der Waals surface area contributed by atoms with Crippen molar-refractivity contribution in [2.24, 2.45) is 5.10 Å². The molecule has 1 aromatic rings. The molecule has 0 radical (unpaired) electrons. The summed E-state index contributed by atoms with van der Waals surface area (Å²) in [5.41, 5.74) is 0.899. The smallest absolute Gasteiger partial charge is 0.410 e. The zero-order valence-corrected chi connectivity index (χ0v) is 15.2. The number of rotatable bonds is 3. The van der Waals surface area contributed by atoms with E-state index in [1.165, 1.54) is 4.90 Å². The molecule has 26 heavy (non-hydrogen) atoms. The topological polar surface area (TPSA) is 137 Å². The number of H-pyrrole nitrogens is 2. The number of carbonyl (C=O) groups is 2. The normalized spacial score (nSPS) is 17.5. The average Bonchev–Trinajstić information content (AvgIpc) is 2.97. The second kappa shape index (κ2) is 7.54. The van der Waals surface area contributed by atoms with Crippen LogP contribution >= 0.6 is 0 Å². The third-order valence-electron chi connectivity index (χ3n) is 3.73. The number of hydrazone groups is 1. The lowest BCUT2D eigenvalue weighted by Crippen LogP contribution is -2.46. The van der Waals surface area contributed by atoms with Gasteiger partial charge in [0.05, 0.1) is 11.8 Å². The first kappa shape index (κ1) is 19.4. The Hall–Kier alpha value is -2.91. The van der Waals surface area contributed by atoms with Crippen LogP contribution in [-0.4, -0.2) is 51.3 Å². The average molecular weight is 365 g/mol. The van der Waals surface area contributed by atoms with E-state index in [0.717, 1.165) is 6.21 Å². The molecule has 0 unspecified atom stereocenters. The second-order valence-corrected chi connectivity index (χ2v) is 7.01. The molecule has 1 atom stereocenters. The molecule has 1 aromatic heterocycles. The van der Waals surface area contributed by atoms with E-state index < -0.39 is 34.9 Å². The number of carbonyl (C=O) groups excluding carboxylic acids is 2. The van der Waals surface area contributed by atoms with Gasteiger partial charge in [-0.3, -0.25) is 19.5 Å². The van der Waals surface area contributed by atoms with Crippen molar-refractivity contribution < 1.29 is 14.3 Å². The van der Waals surface area contributed by atoms with E-state index in [1.807, 2.05) is 0 Å². The summed E-state index contributed by atoms with van der Waals surface area (Å²) in [7, 11) is 0. The van der Waals surface area contributed by atoms with Crippen molar-refractivity contribution >= 4 is 18.2 Å². The Balaban J connectivity index is 2.04. The number of hydrogen-bond donors (Lipinski definition) is 3. The second-order valence-electron chi connectivity index (χ2n) is 7.01. The fraction of sp³-hybridized carbons (Fsp3) is 0.562. The standard InChI is InChI=1S/C16H23N5O5/c1-9-10(12(22)19-14(24)18-9)8-17-20-13(23)11-6-5-7-21(11)15(25)26-16(2,3)4/h8,11H,5-7H2,1-4H3,(H,20,23)(H2,18,19,22,24)/b17-8+/t11-/m0/s1. The van der Waals surface area contributed by atoms with Gasteiger partial charge in [-0.2, -0.15) is 5.10 Å². The van der Waals surface area contributed by atoms with E-state index in [4.69, 9.17) is 4.74 Å². The maximum absolute atomic E-state index is 12.3. The summed E-state index contributed by atoms with van der Waals surface area (Å²) >= 11 is 0. The zero-order chi connectivity index (χ0) is 19.5. The number of ether oxygens (including phenoxy) is 1. The van der Waals surface area contributed by atoms with Crippen LogP contribution in [0.25, 0.3) is 0 Å². The minimum Gasteiger partial charge on any atom is -0.444 e. The van der Waals surface area contributed by atoms with Crippen LogP contribution in [-0.2, 0) is 9.53 Å². The van der Waals surface area contributed by atoms with E-state index in [9.17, 15) is 19.2 Å². The van der Waals surface area contributed by atoms with Crippen LogP contribution in [0.2, 0.25) is 0 Å². The molecular formula is C16H23N5O5. The molecule has 10 nitrogen and oxygen atoms in total. The van der Waals surface area contributed by atoms with Crippen molar-refractivity contribution in [3.63, 3.8) is 0 Å². The molecule has 2 amide bonds. The minimum atomic E-state index is -0.683. The molecule has 1 saturated heterocycles. The number of hydrogen-bond acceptors (Lipinski definition) is 6. The van der Waals surface area contributed by atoms with Crippen LogP contribution in [0.5, 0.6) is 0 Å². The lowest BCUT2D eigenvalue weighted by Gasteiger charge is -2.27. The fourth-order valence-corrected chi connectivity index (χ4v) is 2.58. The number of aromatic nitrogens is 2. The van der Waals surface area contributed by atoms with Gasteiger partial charge in [0.1, 0.15) is 11.6 Å². The molecule has 0 saturated carbocycles. The summed E-state index contributed by atoms with van der Waals surface area (Å²) in [6.07, 6.45) is 1.78. The van der Waals surface area contributed by atoms with Gasteiger partial charge in [-0.15, -0.1) is 0 Å². The molecule has 2 heterocycles. The molecule has 1 aliphatic rings. The third kappa shape index (κ3) is 4.80. The minimum absolute atomic E-state index is 0.125. The van der Waals surface area contributed by atoms with E-state index in [0.29, 0.717) is 25.1 Å². The van der Waals surface area contributed by atoms with Gasteiger partial charge in [-0.1, -0.05) is 0 Å². The van der Waals surface area contributed by atoms with E-state index >= 15 is 0 Å². The van der Waals surface area contributed by atoms with Crippen molar-refractivity contribution in [3.05, 3.63) is 32.1 Å². The highest BCUT2D eigenvalue weighted by atomic mass is 16.6. The third-order valence-corrected chi connectivity index (χ3v) is 3.73. The quantitative estimate of drug-likeness (QED) is 0.520. The molecule has 142 valence electrons. The first-order valence-corrected chi connectivity index (χ1v) is 8.24. The van der Waals surface area contributed by atoms with Gasteiger partial charge in [0.15, 0.2) is 0 Å². The molecule has 0 spiro atoms. The fourth-order valence-electron chi connectivity index (χ4n) is 2.58. The molecule has 0 bridgehead atoms. The van der Waals surface area contributed by atoms with Crippen molar-refractivity contribution in [2.45, 2.75) is 52.2 Å². The number of aryl methyl sites for hydroxylation is 1. The molecule has 1 aliphatic heterocycles. The summed E-state index contributed by atoms with van der Waals surface area (Å²) in [5.74, 6) is -0.469. The maximum atomic E-state index is 12.3. The van der Waals surface area contributed by atoms with Crippen molar-refractivity contribution in [1.29, 1.82) is 0 Å². The van der Waals surface area contributed by atoms with Crippen molar-refractivity contribution in [1.82, 2.24) is 20.3 Å². The predicted molar refractivity (Wildman–Crippen MR) is 94.1 cm³/mol. The molecule has 2 rings (SSSR count). The Labute approximate surface area is 149 Å². The van der Waals surface area contributed by atoms with Gasteiger partial charge in [0, 0.05) is 12.2 Å². The van der Waals surface area contributed by atoms with Gasteiger partial charge in [0.25, 0.3) is 11.5 Å². The SMILES string of the molecule is Cc1[nH]c(=O)[nH]c(=O)c1/C=N/NC(=O)[C@@H]1CCCN1C(=O)OC(C)(C)C. The Morgan fingerprint density at radius 3 is 2.62 bits per heavy atom. The Morgan fingerprint density at radius 2 is 2.00 bits per heavy atom. The van der Waals surface area contributed by atoms with E-state index in [2.05, 4.69) is 20.5 Å². The van der Waals surface area contributed by atoms with Crippen LogP contribution in [0.1, 0.15) is 44.9 Å². The summed E-state index contributed by atoms with van der Waals surface area (Å²) in [6, 6.07) is -0.683. The zero-order valence-electron chi connectivity index (χ0n) is 15.2. The highest BCUT2D eigenvalue weighted by molar-refractivity contribution is 5.88. The van der Waals surface area contributed by atoms with Gasteiger partial charge >= 0.3 is 11.8 Å². The van der Waals surface area contributed by atoms with Crippen LogP contribution < -0.4 is 16.7 Å². The van der Waals surface area contributed by atoms with Crippen LogP contribution in [0.15, 0.2) is 14.7 Å². The highest BCUT2D eigenvalue weighted by Gasteiger charge is 2.36. The first-order chi connectivity index (χ1) is 12.1. The Kier molecular flexibility index (Phi) is 5.63. The highest BCUT2D eigenvalue weighted by Crippen LogP contribution is 2.20. The molecule has 0 aliphatic carbocycles. The van der Waals surface area contributed by atoms with Gasteiger partial charge < -0.3 is 9.72 Å². The summed E-state index contributed by atoms with van der Waals surface area (Å²) in [6.45, 7) is 7.23. The Morgan fingerprint density at radius 1 is 1.31 bits per heavy atom. The summed E-state index contributed by atoms with van der Waals surface area (Å²) in [5, 5.41) is 3.76. The first-order valence-electron chi connectivity index (χ1n) is 8.24. The molecule has 1 fully saturated rings. The van der Waals surface area contributed by atoms with Gasteiger partial charge in [-0.25, -0.2) is 15.0 Å². The largest absolute Gasteiger partial charge is 0.444 e. The number of aromatic amines is 2. The number of amides is 2. The van der Waals surface area contributed by atoms with E-state index in [-0.39, 0.29) is 5.56 Å². The van der Waals surface area contributed by atoms with Crippen molar-refractivity contribution in [3.8, 4) is 0 Å². The Bertz CT molecular complexity index is 833. The molecule has 3 N–H and O–H groups in total. The number of likely N-dealkylation sites (tertiary alicyclic amines) is 1. The summed E-state index contributed by atoms with van der Waals surface area (Å²) in [4.78, 5) is 53.3.